The molecule has 0 saturated heterocycles. The van der Waals surface area contributed by atoms with Gasteiger partial charge in [-0.2, -0.15) is 5.10 Å². The number of hydrogen-bond donors (Lipinski definition) is 1. The second kappa shape index (κ2) is 10.4. The standard InChI is InChI=1S/C22H18BrN3O5/c1-30-21-11-16(7-10-20(21)31-14-15-5-8-18(23)9-6-15)13-24-25-22(27)17-3-2-4-19(12-17)26(28)29/h2-13H,14H2,1H3,(H,25,27). The smallest absolute Gasteiger partial charge is 0.271 e. The van der Waals surface area contributed by atoms with Gasteiger partial charge in [0.1, 0.15) is 6.61 Å². The fourth-order valence-electron chi connectivity index (χ4n) is 2.62. The molecule has 158 valence electrons. The second-order valence-electron chi connectivity index (χ2n) is 6.33. The minimum Gasteiger partial charge on any atom is -0.493 e. The van der Waals surface area contributed by atoms with E-state index in [1.54, 1.807) is 18.2 Å². The molecular formula is C22H18BrN3O5. The Hall–Kier alpha value is -3.72. The lowest BCUT2D eigenvalue weighted by atomic mass is 10.2. The zero-order valence-electron chi connectivity index (χ0n) is 16.4. The molecule has 1 amide bonds. The number of hydrogen-bond acceptors (Lipinski definition) is 6. The topological polar surface area (TPSA) is 103 Å². The summed E-state index contributed by atoms with van der Waals surface area (Å²) < 4.78 is 12.2. The number of nitro benzene ring substituents is 1. The molecular weight excluding hydrogens is 466 g/mol. The Morgan fingerprint density at radius 1 is 1.13 bits per heavy atom. The summed E-state index contributed by atoms with van der Waals surface area (Å²) in [7, 11) is 1.53. The van der Waals surface area contributed by atoms with Crippen LogP contribution in [0.2, 0.25) is 0 Å². The molecule has 0 unspecified atom stereocenters. The molecule has 8 nitrogen and oxygen atoms in total. The average Bonchev–Trinajstić information content (AvgIpc) is 2.79. The van der Waals surface area contributed by atoms with Gasteiger partial charge in [0.15, 0.2) is 11.5 Å². The number of carbonyl (C=O) groups excluding carboxylic acids is 1. The van der Waals surface area contributed by atoms with E-state index in [0.717, 1.165) is 10.0 Å². The number of carbonyl (C=O) groups is 1. The van der Waals surface area contributed by atoms with Crippen LogP contribution >= 0.6 is 15.9 Å². The summed E-state index contributed by atoms with van der Waals surface area (Å²) in [5.41, 5.74) is 4.01. The van der Waals surface area contributed by atoms with Crippen molar-refractivity contribution in [1.82, 2.24) is 5.43 Å². The molecule has 0 saturated carbocycles. The van der Waals surface area contributed by atoms with Crippen LogP contribution < -0.4 is 14.9 Å². The SMILES string of the molecule is COc1cc(C=NNC(=O)c2cccc([N+](=O)[O-])c2)ccc1OCc1ccc(Br)cc1. The lowest BCUT2D eigenvalue weighted by molar-refractivity contribution is -0.384. The van der Waals surface area contributed by atoms with Crippen LogP contribution in [0.1, 0.15) is 21.5 Å². The molecule has 0 fully saturated rings. The van der Waals surface area contributed by atoms with Crippen molar-refractivity contribution in [3.8, 4) is 11.5 Å². The van der Waals surface area contributed by atoms with Gasteiger partial charge in [-0.3, -0.25) is 14.9 Å². The Labute approximate surface area is 186 Å². The van der Waals surface area contributed by atoms with Crippen molar-refractivity contribution in [3.05, 3.63) is 98.0 Å². The Balaban J connectivity index is 1.63. The van der Waals surface area contributed by atoms with Crippen molar-refractivity contribution in [1.29, 1.82) is 0 Å². The summed E-state index contributed by atoms with van der Waals surface area (Å²) in [6.07, 6.45) is 1.44. The summed E-state index contributed by atoms with van der Waals surface area (Å²) in [6, 6.07) is 18.5. The first-order chi connectivity index (χ1) is 15.0. The molecule has 3 rings (SSSR count). The zero-order valence-corrected chi connectivity index (χ0v) is 18.0. The fourth-order valence-corrected chi connectivity index (χ4v) is 2.88. The number of nitro groups is 1. The highest BCUT2D eigenvalue weighted by atomic mass is 79.9. The van der Waals surface area contributed by atoms with E-state index < -0.39 is 10.8 Å². The van der Waals surface area contributed by atoms with Gasteiger partial charge < -0.3 is 9.47 Å². The molecule has 0 spiro atoms. The van der Waals surface area contributed by atoms with Crippen molar-refractivity contribution in [2.75, 3.05) is 7.11 Å². The summed E-state index contributed by atoms with van der Waals surface area (Å²) in [4.78, 5) is 22.4. The van der Waals surface area contributed by atoms with Gasteiger partial charge in [-0.05, 0) is 47.5 Å². The maximum Gasteiger partial charge on any atom is 0.271 e. The molecule has 0 bridgehead atoms. The van der Waals surface area contributed by atoms with E-state index in [-0.39, 0.29) is 11.3 Å². The van der Waals surface area contributed by atoms with Crippen molar-refractivity contribution in [2.24, 2.45) is 5.10 Å². The van der Waals surface area contributed by atoms with Gasteiger partial charge in [-0.25, -0.2) is 5.43 Å². The number of ether oxygens (including phenoxy) is 2. The summed E-state index contributed by atoms with van der Waals surface area (Å²) in [5, 5.41) is 14.7. The van der Waals surface area contributed by atoms with Crippen molar-refractivity contribution < 1.29 is 19.2 Å². The van der Waals surface area contributed by atoms with Gasteiger partial charge in [-0.1, -0.05) is 34.1 Å². The molecule has 9 heteroatoms. The molecule has 0 aliphatic rings. The Bertz CT molecular complexity index is 1120. The number of rotatable bonds is 8. The highest BCUT2D eigenvalue weighted by molar-refractivity contribution is 9.10. The number of hydrazone groups is 1. The third kappa shape index (κ3) is 6.13. The zero-order chi connectivity index (χ0) is 22.2. The summed E-state index contributed by atoms with van der Waals surface area (Å²) in [5.74, 6) is 0.538. The number of benzene rings is 3. The molecule has 0 heterocycles. The number of non-ortho nitro benzene ring substituents is 1. The van der Waals surface area contributed by atoms with Gasteiger partial charge in [0.05, 0.1) is 18.2 Å². The quantitative estimate of drug-likeness (QED) is 0.284. The summed E-state index contributed by atoms with van der Waals surface area (Å²) in [6.45, 7) is 0.385. The predicted molar refractivity (Wildman–Crippen MR) is 120 cm³/mol. The summed E-state index contributed by atoms with van der Waals surface area (Å²) >= 11 is 3.40. The van der Waals surface area contributed by atoms with Crippen LogP contribution in [0.3, 0.4) is 0 Å². The second-order valence-corrected chi connectivity index (χ2v) is 7.25. The Morgan fingerprint density at radius 3 is 2.61 bits per heavy atom. The average molecular weight is 484 g/mol. The van der Waals surface area contributed by atoms with Crippen LogP contribution in [0.5, 0.6) is 11.5 Å². The van der Waals surface area contributed by atoms with Crippen LogP contribution in [-0.4, -0.2) is 24.2 Å². The first-order valence-corrected chi connectivity index (χ1v) is 9.88. The number of methoxy groups -OCH3 is 1. The van der Waals surface area contributed by atoms with E-state index in [2.05, 4.69) is 26.5 Å². The molecule has 3 aromatic carbocycles. The van der Waals surface area contributed by atoms with Gasteiger partial charge in [0.25, 0.3) is 11.6 Å². The van der Waals surface area contributed by atoms with Gasteiger partial charge in [0.2, 0.25) is 0 Å². The molecule has 0 atom stereocenters. The van der Waals surface area contributed by atoms with E-state index in [4.69, 9.17) is 9.47 Å². The van der Waals surface area contributed by atoms with E-state index in [0.29, 0.717) is 23.7 Å². The van der Waals surface area contributed by atoms with Gasteiger partial charge in [-0.15, -0.1) is 0 Å². The minimum absolute atomic E-state index is 0.139. The molecule has 31 heavy (non-hydrogen) atoms. The normalized spacial score (nSPS) is 10.6. The van der Waals surface area contributed by atoms with E-state index in [9.17, 15) is 14.9 Å². The van der Waals surface area contributed by atoms with Crippen LogP contribution in [0, 0.1) is 10.1 Å². The highest BCUT2D eigenvalue weighted by Gasteiger charge is 2.11. The van der Waals surface area contributed by atoms with Crippen molar-refractivity contribution in [2.45, 2.75) is 6.61 Å². The van der Waals surface area contributed by atoms with Crippen LogP contribution in [0.4, 0.5) is 5.69 Å². The maximum atomic E-state index is 12.1. The molecule has 0 radical (unpaired) electrons. The molecule has 3 aromatic rings. The number of nitrogens with one attached hydrogen (secondary N) is 1. The van der Waals surface area contributed by atoms with Crippen LogP contribution in [-0.2, 0) is 6.61 Å². The molecule has 0 aliphatic carbocycles. The third-order valence-electron chi connectivity index (χ3n) is 4.19. The van der Waals surface area contributed by atoms with E-state index in [1.807, 2.05) is 24.3 Å². The fraction of sp³-hybridized carbons (Fsp3) is 0.0909. The number of nitrogens with zero attached hydrogens (tertiary/aromatic N) is 2. The monoisotopic (exact) mass is 483 g/mol. The molecule has 0 aromatic heterocycles. The van der Waals surface area contributed by atoms with E-state index in [1.165, 1.54) is 37.6 Å². The lowest BCUT2D eigenvalue weighted by Crippen LogP contribution is -2.17. The molecule has 0 aliphatic heterocycles. The number of halogens is 1. The number of amides is 1. The first-order valence-electron chi connectivity index (χ1n) is 9.09. The van der Waals surface area contributed by atoms with Crippen molar-refractivity contribution in [3.63, 3.8) is 0 Å². The molecule has 1 N–H and O–H groups in total. The highest BCUT2D eigenvalue weighted by Crippen LogP contribution is 2.28. The van der Waals surface area contributed by atoms with Crippen molar-refractivity contribution >= 4 is 33.7 Å². The maximum absolute atomic E-state index is 12.1. The van der Waals surface area contributed by atoms with Crippen LogP contribution in [0.25, 0.3) is 0 Å². The van der Waals surface area contributed by atoms with Crippen LogP contribution in [0.15, 0.2) is 76.3 Å². The Kier molecular flexibility index (Phi) is 7.34. The van der Waals surface area contributed by atoms with Gasteiger partial charge >= 0.3 is 0 Å². The Morgan fingerprint density at radius 2 is 1.90 bits per heavy atom. The minimum atomic E-state index is -0.563. The largest absolute Gasteiger partial charge is 0.493 e. The third-order valence-corrected chi connectivity index (χ3v) is 4.72. The van der Waals surface area contributed by atoms with E-state index >= 15 is 0 Å². The first kappa shape index (κ1) is 22.0. The van der Waals surface area contributed by atoms with Gasteiger partial charge in [0, 0.05) is 22.2 Å². The lowest BCUT2D eigenvalue weighted by Gasteiger charge is -2.11. The predicted octanol–water partition coefficient (Wildman–Crippen LogP) is 4.71.